The molecule has 0 bridgehead atoms. The third-order valence-corrected chi connectivity index (χ3v) is 3.31. The Bertz CT molecular complexity index is 758. The molecule has 0 unspecified atom stereocenters. The summed E-state index contributed by atoms with van der Waals surface area (Å²) in [6.45, 7) is 0. The smallest absolute Gasteiger partial charge is 0.269 e. The number of hydrogen-bond acceptors (Lipinski definition) is 7. The fraction of sp³-hybridized carbons (Fsp3) is 0. The maximum Gasteiger partial charge on any atom is 0.269 e. The molecular formula is C14H8ClN3O6. The first-order chi connectivity index (χ1) is 11.4. The highest BCUT2D eigenvalue weighted by atomic mass is 35.5. The standard InChI is InChI=1S/C14H8ClN3O6/c15-14(24-16-19)13(9-1-5-11(6-2-9)17(20)21)10-3-7-12(8-4-10)18(22)23/h1-8H. The first-order valence-electron chi connectivity index (χ1n) is 6.33. The highest BCUT2D eigenvalue weighted by molar-refractivity contribution is 6.32. The largest absolute Gasteiger partial charge is 0.311 e. The molecule has 0 aliphatic heterocycles. The molecule has 24 heavy (non-hydrogen) atoms. The van der Waals surface area contributed by atoms with Crippen LogP contribution in [0.15, 0.2) is 59.1 Å². The Kier molecular flexibility index (Phi) is 5.17. The first kappa shape index (κ1) is 17.0. The molecule has 0 aliphatic carbocycles. The van der Waals surface area contributed by atoms with E-state index in [2.05, 4.69) is 10.2 Å². The Balaban J connectivity index is 2.53. The van der Waals surface area contributed by atoms with E-state index in [-0.39, 0.29) is 22.2 Å². The van der Waals surface area contributed by atoms with Crippen LogP contribution >= 0.6 is 11.6 Å². The average Bonchev–Trinajstić information content (AvgIpc) is 2.56. The van der Waals surface area contributed by atoms with Crippen LogP contribution in [0.25, 0.3) is 5.57 Å². The van der Waals surface area contributed by atoms with Gasteiger partial charge in [-0.15, -0.1) is 4.91 Å². The van der Waals surface area contributed by atoms with Crippen LogP contribution in [0.4, 0.5) is 11.4 Å². The molecule has 10 heteroatoms. The minimum absolute atomic E-state index is 0.132. The van der Waals surface area contributed by atoms with Crippen LogP contribution in [0.1, 0.15) is 11.1 Å². The highest BCUT2D eigenvalue weighted by Gasteiger charge is 2.16. The third kappa shape index (κ3) is 3.70. The normalized spacial score (nSPS) is 9.88. The Hall–Kier alpha value is -3.33. The van der Waals surface area contributed by atoms with Crippen LogP contribution in [-0.2, 0) is 4.84 Å². The van der Waals surface area contributed by atoms with E-state index in [1.165, 1.54) is 48.5 Å². The lowest BCUT2D eigenvalue weighted by Crippen LogP contribution is -1.95. The minimum atomic E-state index is -0.565. The van der Waals surface area contributed by atoms with Gasteiger partial charge in [-0.2, -0.15) is 0 Å². The average molecular weight is 350 g/mol. The SMILES string of the molecule is O=NOC(Cl)=C(c1ccc([N+](=O)[O-])cc1)c1ccc([N+](=O)[O-])cc1. The van der Waals surface area contributed by atoms with E-state index in [1.54, 1.807) is 0 Å². The predicted octanol–water partition coefficient (Wildman–Crippen LogP) is 4.16. The molecule has 0 aromatic heterocycles. The van der Waals surface area contributed by atoms with Gasteiger partial charge in [-0.05, 0) is 47.0 Å². The zero-order chi connectivity index (χ0) is 17.7. The number of nitro groups is 2. The molecule has 122 valence electrons. The van der Waals surface area contributed by atoms with Crippen molar-refractivity contribution in [2.24, 2.45) is 5.34 Å². The summed E-state index contributed by atoms with van der Waals surface area (Å²) in [5.74, 6) is 0. The van der Waals surface area contributed by atoms with Crippen molar-refractivity contribution in [3.05, 3.63) is 90.0 Å². The molecule has 2 rings (SSSR count). The van der Waals surface area contributed by atoms with E-state index in [1.807, 2.05) is 0 Å². The molecule has 0 saturated heterocycles. The van der Waals surface area contributed by atoms with Crippen LogP contribution in [0.5, 0.6) is 0 Å². The number of benzene rings is 2. The van der Waals surface area contributed by atoms with Gasteiger partial charge in [0.25, 0.3) is 11.4 Å². The van der Waals surface area contributed by atoms with E-state index in [0.717, 1.165) is 0 Å². The van der Waals surface area contributed by atoms with Crippen molar-refractivity contribution in [2.75, 3.05) is 0 Å². The van der Waals surface area contributed by atoms with Crippen LogP contribution in [0, 0.1) is 25.1 Å². The van der Waals surface area contributed by atoms with E-state index in [9.17, 15) is 25.1 Å². The molecule has 9 nitrogen and oxygen atoms in total. The van der Waals surface area contributed by atoms with Gasteiger partial charge in [-0.25, -0.2) is 0 Å². The summed E-state index contributed by atoms with van der Waals surface area (Å²) in [4.78, 5) is 35.0. The number of rotatable bonds is 6. The maximum atomic E-state index is 10.7. The molecule has 0 aliphatic rings. The molecule has 0 spiro atoms. The van der Waals surface area contributed by atoms with Gasteiger partial charge in [0.15, 0.2) is 5.34 Å². The minimum Gasteiger partial charge on any atom is -0.311 e. The summed E-state index contributed by atoms with van der Waals surface area (Å²) in [5, 5.41) is 23.3. The van der Waals surface area contributed by atoms with Gasteiger partial charge >= 0.3 is 0 Å². The first-order valence-corrected chi connectivity index (χ1v) is 6.71. The maximum absolute atomic E-state index is 10.7. The summed E-state index contributed by atoms with van der Waals surface area (Å²) in [7, 11) is 0. The van der Waals surface area contributed by atoms with E-state index in [0.29, 0.717) is 11.1 Å². The zero-order valence-electron chi connectivity index (χ0n) is 11.8. The van der Waals surface area contributed by atoms with Crippen molar-refractivity contribution in [2.45, 2.75) is 0 Å². The fourth-order valence-corrected chi connectivity index (χ4v) is 2.22. The number of non-ortho nitro benzene ring substituents is 2. The molecule has 0 radical (unpaired) electrons. The van der Waals surface area contributed by atoms with Crippen molar-refractivity contribution >= 4 is 28.5 Å². The van der Waals surface area contributed by atoms with Crippen molar-refractivity contribution in [1.29, 1.82) is 0 Å². The predicted molar refractivity (Wildman–Crippen MR) is 84.9 cm³/mol. The lowest BCUT2D eigenvalue weighted by Gasteiger charge is -2.09. The van der Waals surface area contributed by atoms with Crippen LogP contribution in [0.3, 0.4) is 0 Å². The van der Waals surface area contributed by atoms with Crippen LogP contribution < -0.4 is 0 Å². The fourth-order valence-electron chi connectivity index (χ4n) is 1.97. The van der Waals surface area contributed by atoms with E-state index in [4.69, 9.17) is 11.6 Å². The van der Waals surface area contributed by atoms with Gasteiger partial charge in [-0.1, -0.05) is 0 Å². The Labute approximate surface area is 139 Å². The summed E-state index contributed by atoms with van der Waals surface area (Å²) < 4.78 is 0. The molecule has 2 aromatic rings. The number of nitro benzene ring substituents is 2. The Morgan fingerprint density at radius 2 is 1.25 bits per heavy atom. The van der Waals surface area contributed by atoms with Crippen molar-refractivity contribution in [3.8, 4) is 0 Å². The second-order valence-corrected chi connectivity index (χ2v) is 4.77. The third-order valence-electron chi connectivity index (χ3n) is 3.05. The molecular weight excluding hydrogens is 342 g/mol. The summed E-state index contributed by atoms with van der Waals surface area (Å²) >= 11 is 5.92. The number of halogens is 1. The van der Waals surface area contributed by atoms with Gasteiger partial charge < -0.3 is 4.84 Å². The van der Waals surface area contributed by atoms with Crippen LogP contribution in [-0.4, -0.2) is 9.85 Å². The summed E-state index contributed by atoms with van der Waals surface area (Å²) in [6, 6.07) is 10.6. The molecule has 0 amide bonds. The van der Waals surface area contributed by atoms with Gasteiger partial charge in [-0.3, -0.25) is 20.2 Å². The van der Waals surface area contributed by atoms with E-state index >= 15 is 0 Å². The zero-order valence-corrected chi connectivity index (χ0v) is 12.5. The Morgan fingerprint density at radius 1 is 0.875 bits per heavy atom. The van der Waals surface area contributed by atoms with Gasteiger partial charge in [0, 0.05) is 29.8 Å². The lowest BCUT2D eigenvalue weighted by molar-refractivity contribution is -0.385. The monoisotopic (exact) mass is 349 g/mol. The molecule has 2 aromatic carbocycles. The van der Waals surface area contributed by atoms with Gasteiger partial charge in [0.2, 0.25) is 5.22 Å². The topological polar surface area (TPSA) is 125 Å². The molecule has 0 N–H and O–H groups in total. The highest BCUT2D eigenvalue weighted by Crippen LogP contribution is 2.31. The number of hydrogen-bond donors (Lipinski definition) is 0. The van der Waals surface area contributed by atoms with Crippen molar-refractivity contribution in [1.82, 2.24) is 0 Å². The van der Waals surface area contributed by atoms with Gasteiger partial charge in [0.05, 0.1) is 9.85 Å². The lowest BCUT2D eigenvalue weighted by atomic mass is 9.98. The molecule has 0 heterocycles. The summed E-state index contributed by atoms with van der Waals surface area (Å²) in [5.41, 5.74) is 0.756. The van der Waals surface area contributed by atoms with Crippen LogP contribution in [0.2, 0.25) is 0 Å². The Morgan fingerprint density at radius 3 is 1.54 bits per heavy atom. The van der Waals surface area contributed by atoms with Gasteiger partial charge in [0.1, 0.15) is 0 Å². The van der Waals surface area contributed by atoms with Crippen molar-refractivity contribution in [3.63, 3.8) is 0 Å². The number of nitrogens with zero attached hydrogens (tertiary/aromatic N) is 3. The quantitative estimate of drug-likeness (QED) is 0.333. The summed E-state index contributed by atoms with van der Waals surface area (Å²) in [6.07, 6.45) is 0. The molecule has 0 fully saturated rings. The van der Waals surface area contributed by atoms with E-state index < -0.39 is 9.85 Å². The second kappa shape index (κ2) is 7.29. The molecule has 0 atom stereocenters. The molecule has 0 saturated carbocycles. The van der Waals surface area contributed by atoms with Crippen molar-refractivity contribution < 1.29 is 14.7 Å². The second-order valence-electron chi connectivity index (χ2n) is 4.42.